The van der Waals surface area contributed by atoms with E-state index in [1.165, 1.54) is 15.4 Å². The van der Waals surface area contributed by atoms with Gasteiger partial charge in [0.15, 0.2) is 12.5 Å². The molecule has 0 bridgehead atoms. The van der Waals surface area contributed by atoms with E-state index in [1.54, 1.807) is 19.2 Å². The van der Waals surface area contributed by atoms with Crippen molar-refractivity contribution in [2.75, 3.05) is 20.3 Å². The molecule has 0 aromatic heterocycles. The summed E-state index contributed by atoms with van der Waals surface area (Å²) in [5, 5.41) is 4.59. The van der Waals surface area contributed by atoms with Crippen LogP contribution in [0.2, 0.25) is 0 Å². The van der Waals surface area contributed by atoms with Gasteiger partial charge < -0.3 is 14.2 Å². The van der Waals surface area contributed by atoms with Crippen LogP contribution < -0.4 is 15.4 Å². The van der Waals surface area contributed by atoms with Crippen LogP contribution >= 0.6 is 0 Å². The maximum atomic E-state index is 11.7. The number of rotatable bonds is 4. The molecule has 2 aromatic carbocycles. The highest BCUT2D eigenvalue weighted by atomic mass is 16.5. The Morgan fingerprint density at radius 3 is 1.64 bits per heavy atom. The number of methoxy groups -OCH3 is 1. The third-order valence-corrected chi connectivity index (χ3v) is 6.61. The lowest BCUT2D eigenvalue weighted by atomic mass is 10.1. The van der Waals surface area contributed by atoms with Crippen molar-refractivity contribution in [2.24, 2.45) is 0 Å². The minimum atomic E-state index is -0.510. The van der Waals surface area contributed by atoms with Crippen LogP contribution in [0.5, 0.6) is 5.75 Å². The average Bonchev–Trinajstić information content (AvgIpc) is 3.65. The van der Waals surface area contributed by atoms with E-state index in [2.05, 4.69) is 17.6 Å². The largest absolute Gasteiger partial charge is 0.497 e. The Morgan fingerprint density at radius 1 is 0.778 bits per heavy atom. The van der Waals surface area contributed by atoms with Crippen molar-refractivity contribution in [3.8, 4) is 5.75 Å². The first-order valence-electron chi connectivity index (χ1n) is 11.6. The molecular formula is C25H26N4O7. The second-order valence-corrected chi connectivity index (χ2v) is 8.67. The first-order chi connectivity index (χ1) is 17.4. The van der Waals surface area contributed by atoms with E-state index in [0.717, 1.165) is 23.3 Å². The predicted octanol–water partition coefficient (Wildman–Crippen LogP) is 1.84. The molecule has 4 fully saturated rings. The highest BCUT2D eigenvalue weighted by Gasteiger charge is 2.49. The second-order valence-electron chi connectivity index (χ2n) is 8.67. The topological polar surface area (TPSA) is 127 Å². The molecule has 6 amide bonds. The normalized spacial score (nSPS) is 26.3. The number of carbonyl (C=O) groups excluding carboxylic acids is 4. The number of ether oxygens (including phenoxy) is 3. The number of carbonyl (C=O) groups is 4. The van der Waals surface area contributed by atoms with Crippen LogP contribution in [0.25, 0.3) is 0 Å². The molecule has 2 unspecified atom stereocenters. The predicted molar refractivity (Wildman–Crippen MR) is 125 cm³/mol. The van der Waals surface area contributed by atoms with Crippen LogP contribution in [0.1, 0.15) is 36.1 Å². The molecule has 36 heavy (non-hydrogen) atoms. The summed E-state index contributed by atoms with van der Waals surface area (Å²) in [6.07, 6.45) is 0.0108. The third kappa shape index (κ3) is 4.16. The van der Waals surface area contributed by atoms with Gasteiger partial charge in [-0.25, -0.2) is 9.59 Å². The Hall–Kier alpha value is -3.96. The molecule has 0 aliphatic carbocycles. The fraction of sp³-hybridized carbons (Fsp3) is 0.360. The van der Waals surface area contributed by atoms with E-state index < -0.39 is 30.6 Å². The van der Waals surface area contributed by atoms with Crippen molar-refractivity contribution in [2.45, 2.75) is 37.9 Å². The van der Waals surface area contributed by atoms with Crippen molar-refractivity contribution in [3.05, 3.63) is 65.2 Å². The fourth-order valence-corrected chi connectivity index (χ4v) is 4.62. The molecule has 6 rings (SSSR count). The Morgan fingerprint density at radius 2 is 1.22 bits per heavy atom. The number of urea groups is 2. The lowest BCUT2D eigenvalue weighted by molar-refractivity contribution is -0.121. The van der Waals surface area contributed by atoms with Gasteiger partial charge in [0.05, 0.1) is 20.3 Å². The molecule has 4 atom stereocenters. The van der Waals surface area contributed by atoms with E-state index >= 15 is 0 Å². The van der Waals surface area contributed by atoms with Crippen molar-refractivity contribution >= 4 is 23.9 Å². The van der Waals surface area contributed by atoms with Crippen molar-refractivity contribution in [3.63, 3.8) is 0 Å². The number of aryl methyl sites for hydroxylation is 1. The second kappa shape index (κ2) is 9.59. The maximum Gasteiger partial charge on any atom is 0.327 e. The van der Waals surface area contributed by atoms with Crippen molar-refractivity contribution in [1.82, 2.24) is 20.4 Å². The molecule has 4 aliphatic rings. The quantitative estimate of drug-likeness (QED) is 0.621. The van der Waals surface area contributed by atoms with E-state index in [-0.39, 0.29) is 31.1 Å². The molecule has 4 saturated heterocycles. The molecule has 4 heterocycles. The first-order valence-corrected chi connectivity index (χ1v) is 11.6. The summed E-state index contributed by atoms with van der Waals surface area (Å²) in [5.74, 6) is 0.166. The molecule has 0 saturated carbocycles. The molecular weight excluding hydrogens is 468 g/mol. The minimum absolute atomic E-state index is 0.230. The summed E-state index contributed by atoms with van der Waals surface area (Å²) >= 11 is 0. The molecule has 4 aliphatic heterocycles. The van der Waals surface area contributed by atoms with Gasteiger partial charge in [-0.2, -0.15) is 0 Å². The number of nitrogens with one attached hydrogen (secondary N) is 2. The summed E-state index contributed by atoms with van der Waals surface area (Å²) < 4.78 is 16.2. The number of fused-ring (bicyclic) bond motifs is 2. The zero-order valence-electron chi connectivity index (χ0n) is 19.8. The summed E-state index contributed by atoms with van der Waals surface area (Å²) in [7, 11) is 1.59. The van der Waals surface area contributed by atoms with Gasteiger partial charge in [-0.1, -0.05) is 43.3 Å². The standard InChI is InChI=1S/C13H14N2O3.C12H12N2O4/c1-2-8-3-5-9(6-4-8)12-15-10(7-18-12)11(16)14-13(15)17;1-17-8-4-2-7(3-5-8)11-14-9(6-18-11)10(15)13-12(14)16/h3-6,10,12H,2,7H2,1H3,(H,14,16,17);2-5,9,11H,6H2,1H3,(H,13,15,16)/t10-,12?;9-,11?/m11/s1. The monoisotopic (exact) mass is 494 g/mol. The minimum Gasteiger partial charge on any atom is -0.497 e. The number of hydrogen-bond donors (Lipinski definition) is 2. The average molecular weight is 495 g/mol. The molecule has 11 nitrogen and oxygen atoms in total. The maximum absolute atomic E-state index is 11.7. The molecule has 11 heteroatoms. The van der Waals surface area contributed by atoms with Gasteiger partial charge in [-0.3, -0.25) is 30.0 Å². The van der Waals surface area contributed by atoms with E-state index in [0.29, 0.717) is 0 Å². The van der Waals surface area contributed by atoms with Crippen LogP contribution in [0.4, 0.5) is 9.59 Å². The molecule has 188 valence electrons. The molecule has 2 N–H and O–H groups in total. The molecule has 0 spiro atoms. The van der Waals surface area contributed by atoms with Gasteiger partial charge >= 0.3 is 12.1 Å². The van der Waals surface area contributed by atoms with Gasteiger partial charge in [-0.05, 0) is 24.1 Å². The molecule has 2 aromatic rings. The Bertz CT molecular complexity index is 1090. The number of benzene rings is 2. The van der Waals surface area contributed by atoms with E-state index in [9.17, 15) is 19.2 Å². The highest BCUT2D eigenvalue weighted by Crippen LogP contribution is 2.34. The van der Waals surface area contributed by atoms with E-state index in [1.807, 2.05) is 36.4 Å². The first kappa shape index (κ1) is 23.8. The number of imide groups is 2. The van der Waals surface area contributed by atoms with Gasteiger partial charge in [0.1, 0.15) is 17.8 Å². The van der Waals surface area contributed by atoms with Crippen molar-refractivity contribution < 1.29 is 33.4 Å². The summed E-state index contributed by atoms with van der Waals surface area (Å²) in [4.78, 5) is 49.2. The number of amides is 6. The van der Waals surface area contributed by atoms with E-state index in [4.69, 9.17) is 14.2 Å². The SMILES string of the molecule is CCc1ccc(C2OC[C@@H]3C(=O)NC(=O)N23)cc1.COc1ccc(C2OC[C@@H]3C(=O)NC(=O)N23)cc1. The Kier molecular flexibility index (Phi) is 6.33. The van der Waals surface area contributed by atoms with Gasteiger partial charge in [0.2, 0.25) is 0 Å². The zero-order valence-corrected chi connectivity index (χ0v) is 19.8. The summed E-state index contributed by atoms with van der Waals surface area (Å²) in [5.41, 5.74) is 2.96. The lowest BCUT2D eigenvalue weighted by Crippen LogP contribution is -2.32. The fourth-order valence-electron chi connectivity index (χ4n) is 4.62. The van der Waals surface area contributed by atoms with Crippen molar-refractivity contribution in [1.29, 1.82) is 0 Å². The smallest absolute Gasteiger partial charge is 0.327 e. The Labute approximate surface area is 207 Å². The third-order valence-electron chi connectivity index (χ3n) is 6.61. The van der Waals surface area contributed by atoms with Crippen LogP contribution in [0, 0.1) is 0 Å². The number of hydrogen-bond acceptors (Lipinski definition) is 7. The summed E-state index contributed by atoms with van der Waals surface area (Å²) in [6, 6.07) is 13.4. The lowest BCUT2D eigenvalue weighted by Gasteiger charge is -2.20. The van der Waals surface area contributed by atoms with Crippen LogP contribution in [-0.2, 0) is 25.5 Å². The van der Waals surface area contributed by atoms with Crippen LogP contribution in [0.15, 0.2) is 48.5 Å². The van der Waals surface area contributed by atoms with Crippen LogP contribution in [0.3, 0.4) is 0 Å². The van der Waals surface area contributed by atoms with Gasteiger partial charge in [0, 0.05) is 11.1 Å². The van der Waals surface area contributed by atoms with Crippen LogP contribution in [-0.4, -0.2) is 66.1 Å². The Balaban J connectivity index is 0.000000148. The number of nitrogens with zero attached hydrogens (tertiary/aromatic N) is 2. The highest BCUT2D eigenvalue weighted by molar-refractivity contribution is 6.05. The zero-order chi connectivity index (χ0) is 25.4. The van der Waals surface area contributed by atoms with Gasteiger partial charge in [-0.15, -0.1) is 0 Å². The molecule has 0 radical (unpaired) electrons. The van der Waals surface area contributed by atoms with Gasteiger partial charge in [0.25, 0.3) is 11.8 Å². The summed E-state index contributed by atoms with van der Waals surface area (Å²) in [6.45, 7) is 2.58.